The Labute approximate surface area is 243 Å². The van der Waals surface area contributed by atoms with Gasteiger partial charge >= 0.3 is 11.9 Å². The number of sulfonamides is 1. The Morgan fingerprint density at radius 1 is 0.951 bits per heavy atom. The molecule has 2 aliphatic rings. The van der Waals surface area contributed by atoms with Crippen molar-refractivity contribution in [2.75, 3.05) is 24.6 Å². The second-order valence-electron chi connectivity index (χ2n) is 9.69. The number of carboxylic acids is 2. The molecular formula is C24H29N5O9S3. The van der Waals surface area contributed by atoms with E-state index in [9.17, 15) is 42.6 Å². The standard InChI is InChI=1S/C24H29N5O9S3/c1-27-6-2-4-16(27)22(32)25-14-8-17(23(33)34)28(10-14)19(30)12-39-13-20(31)29-11-15(9-18(29)24(35)36)26-41(37,38)21-5-3-7-40-21/h2-7,14-15,17-18,26H,8-13H2,1H3,(H,25,32)(H,33,34)(H,35,36). The van der Waals surface area contributed by atoms with Gasteiger partial charge < -0.3 is 29.9 Å². The van der Waals surface area contributed by atoms with Gasteiger partial charge in [0.25, 0.3) is 5.91 Å². The van der Waals surface area contributed by atoms with E-state index in [1.807, 2.05) is 0 Å². The van der Waals surface area contributed by atoms with Crippen molar-refractivity contribution in [1.29, 1.82) is 0 Å². The Morgan fingerprint density at radius 3 is 2.05 bits per heavy atom. The minimum Gasteiger partial charge on any atom is -0.480 e. The molecule has 17 heteroatoms. The van der Waals surface area contributed by atoms with Gasteiger partial charge in [-0.25, -0.2) is 22.7 Å². The number of thiophene rings is 1. The molecule has 14 nitrogen and oxygen atoms in total. The molecule has 2 aromatic heterocycles. The van der Waals surface area contributed by atoms with Gasteiger partial charge in [0.2, 0.25) is 21.8 Å². The number of carboxylic acid groups (broad SMARTS) is 2. The molecule has 4 rings (SSSR count). The molecule has 3 amide bonds. The average Bonchev–Trinajstić information content (AvgIpc) is 3.69. The van der Waals surface area contributed by atoms with Gasteiger partial charge in [0, 0.05) is 44.8 Å². The molecule has 41 heavy (non-hydrogen) atoms. The Kier molecular flexibility index (Phi) is 9.41. The van der Waals surface area contributed by atoms with Crippen LogP contribution in [-0.4, -0.2) is 111 Å². The molecule has 2 fully saturated rings. The van der Waals surface area contributed by atoms with Gasteiger partial charge in [-0.05, 0) is 30.0 Å². The maximum Gasteiger partial charge on any atom is 0.326 e. The first-order chi connectivity index (χ1) is 19.4. The summed E-state index contributed by atoms with van der Waals surface area (Å²) >= 11 is 1.91. The van der Waals surface area contributed by atoms with E-state index in [2.05, 4.69) is 10.0 Å². The third-order valence-corrected chi connectivity index (χ3v) is 10.7. The van der Waals surface area contributed by atoms with Crippen molar-refractivity contribution < 1.29 is 42.6 Å². The van der Waals surface area contributed by atoms with Gasteiger partial charge in [-0.1, -0.05) is 6.07 Å². The van der Waals surface area contributed by atoms with E-state index < -0.39 is 63.9 Å². The quantitative estimate of drug-likeness (QED) is 0.255. The minimum absolute atomic E-state index is 0.0141. The fourth-order valence-corrected chi connectivity index (χ4v) is 7.96. The number of aryl methyl sites for hydroxylation is 1. The lowest BCUT2D eigenvalue weighted by molar-refractivity contribution is -0.147. The molecule has 2 aliphatic heterocycles. The molecule has 4 N–H and O–H groups in total. The summed E-state index contributed by atoms with van der Waals surface area (Å²) in [5.74, 6) is -4.52. The van der Waals surface area contributed by atoms with Crippen LogP contribution in [0.4, 0.5) is 0 Å². The number of carbonyl (C=O) groups is 5. The van der Waals surface area contributed by atoms with E-state index >= 15 is 0 Å². The van der Waals surface area contributed by atoms with Crippen molar-refractivity contribution in [1.82, 2.24) is 24.4 Å². The highest BCUT2D eigenvalue weighted by Gasteiger charge is 2.42. The highest BCUT2D eigenvalue weighted by atomic mass is 32.2. The second-order valence-corrected chi connectivity index (χ2v) is 13.6. The molecule has 0 spiro atoms. The Morgan fingerprint density at radius 2 is 1.54 bits per heavy atom. The summed E-state index contributed by atoms with van der Waals surface area (Å²) in [7, 11) is -2.17. The number of likely N-dealkylation sites (tertiary alicyclic amines) is 2. The first-order valence-electron chi connectivity index (χ1n) is 12.5. The lowest BCUT2D eigenvalue weighted by Gasteiger charge is -2.23. The molecule has 4 heterocycles. The molecule has 222 valence electrons. The Hall–Kier alpha value is -3.41. The van der Waals surface area contributed by atoms with E-state index in [4.69, 9.17) is 0 Å². The molecule has 2 aromatic rings. The molecule has 0 saturated carbocycles. The molecular weight excluding hydrogens is 598 g/mol. The highest BCUT2D eigenvalue weighted by Crippen LogP contribution is 2.24. The predicted octanol–water partition coefficient (Wildman–Crippen LogP) is -0.364. The highest BCUT2D eigenvalue weighted by molar-refractivity contribution is 8.00. The van der Waals surface area contributed by atoms with E-state index in [0.717, 1.165) is 32.9 Å². The van der Waals surface area contributed by atoms with Gasteiger partial charge in [-0.15, -0.1) is 23.1 Å². The van der Waals surface area contributed by atoms with Crippen molar-refractivity contribution in [2.45, 2.75) is 41.2 Å². The van der Waals surface area contributed by atoms with Crippen molar-refractivity contribution >= 4 is 62.8 Å². The lowest BCUT2D eigenvalue weighted by Crippen LogP contribution is -2.43. The number of thioether (sulfide) groups is 1. The molecule has 4 atom stereocenters. The van der Waals surface area contributed by atoms with Crippen LogP contribution in [0.2, 0.25) is 0 Å². The number of hydrogen-bond acceptors (Lipinski definition) is 9. The molecule has 0 radical (unpaired) electrons. The van der Waals surface area contributed by atoms with Crippen LogP contribution < -0.4 is 10.0 Å². The molecule has 2 saturated heterocycles. The summed E-state index contributed by atoms with van der Waals surface area (Å²) in [6, 6.07) is 2.54. The topological polar surface area (TPSA) is 195 Å². The smallest absolute Gasteiger partial charge is 0.326 e. The van der Waals surface area contributed by atoms with Gasteiger partial charge in [0.15, 0.2) is 0 Å². The van der Waals surface area contributed by atoms with Crippen molar-refractivity contribution in [3.05, 3.63) is 41.5 Å². The third-order valence-electron chi connectivity index (χ3n) is 6.86. The largest absolute Gasteiger partial charge is 0.480 e. The van der Waals surface area contributed by atoms with Gasteiger partial charge in [-0.2, -0.15) is 0 Å². The number of rotatable bonds is 11. The summed E-state index contributed by atoms with van der Waals surface area (Å²) in [5, 5.41) is 23.6. The van der Waals surface area contributed by atoms with Crippen LogP contribution in [0.25, 0.3) is 0 Å². The predicted molar refractivity (Wildman–Crippen MR) is 148 cm³/mol. The zero-order chi connectivity index (χ0) is 29.9. The summed E-state index contributed by atoms with van der Waals surface area (Å²) in [4.78, 5) is 64.2. The van der Waals surface area contributed by atoms with Crippen molar-refractivity contribution in [2.24, 2.45) is 7.05 Å². The van der Waals surface area contributed by atoms with Crippen LogP contribution in [-0.2, 0) is 36.2 Å². The first-order valence-corrected chi connectivity index (χ1v) is 16.0. The summed E-state index contributed by atoms with van der Waals surface area (Å²) in [6.07, 6.45) is 1.61. The van der Waals surface area contributed by atoms with Gasteiger partial charge in [0.05, 0.1) is 11.5 Å². The van der Waals surface area contributed by atoms with Crippen LogP contribution >= 0.6 is 23.1 Å². The average molecular weight is 628 g/mol. The van der Waals surface area contributed by atoms with Crippen LogP contribution in [0.1, 0.15) is 23.3 Å². The number of nitrogens with one attached hydrogen (secondary N) is 2. The summed E-state index contributed by atoms with van der Waals surface area (Å²) < 4.78 is 29.2. The van der Waals surface area contributed by atoms with Crippen molar-refractivity contribution in [3.63, 3.8) is 0 Å². The molecule has 4 unspecified atom stereocenters. The van der Waals surface area contributed by atoms with Crippen LogP contribution in [0.15, 0.2) is 40.1 Å². The molecule has 0 aliphatic carbocycles. The van der Waals surface area contributed by atoms with Crippen LogP contribution in [0, 0.1) is 0 Å². The number of amides is 3. The van der Waals surface area contributed by atoms with E-state index in [1.165, 1.54) is 6.07 Å². The maximum atomic E-state index is 12.9. The van der Waals surface area contributed by atoms with Gasteiger partial charge in [0.1, 0.15) is 22.0 Å². The minimum atomic E-state index is -3.87. The zero-order valence-electron chi connectivity index (χ0n) is 21.8. The zero-order valence-corrected chi connectivity index (χ0v) is 24.3. The van der Waals surface area contributed by atoms with E-state index in [1.54, 1.807) is 41.4 Å². The fraction of sp³-hybridized carbons (Fsp3) is 0.458. The van der Waals surface area contributed by atoms with Gasteiger partial charge in [-0.3, -0.25) is 14.4 Å². The second kappa shape index (κ2) is 12.6. The summed E-state index contributed by atoms with van der Waals surface area (Å²) in [5.41, 5.74) is 0.388. The number of carbonyl (C=O) groups excluding carboxylic acids is 3. The van der Waals surface area contributed by atoms with Crippen molar-refractivity contribution in [3.8, 4) is 0 Å². The monoisotopic (exact) mass is 627 g/mol. The molecule has 0 aromatic carbocycles. The number of aromatic nitrogens is 1. The van der Waals surface area contributed by atoms with E-state index in [0.29, 0.717) is 5.69 Å². The van der Waals surface area contributed by atoms with Crippen LogP contribution in [0.5, 0.6) is 0 Å². The number of nitrogens with zero attached hydrogens (tertiary/aromatic N) is 3. The lowest BCUT2D eigenvalue weighted by atomic mass is 10.1. The fourth-order valence-electron chi connectivity index (χ4n) is 4.92. The number of hydrogen-bond donors (Lipinski definition) is 4. The SMILES string of the molecule is Cn1cccc1C(=O)NC1CC(C(=O)O)N(C(=O)CSCC(=O)N2CC(NS(=O)(=O)c3cccs3)CC2C(=O)O)C1. The molecule has 0 bridgehead atoms. The Balaban J connectivity index is 1.30. The van der Waals surface area contributed by atoms with Crippen LogP contribution in [0.3, 0.4) is 0 Å². The Bertz CT molecular complexity index is 1430. The normalized spacial score (nSPS) is 22.6. The first kappa shape index (κ1) is 30.5. The maximum absolute atomic E-state index is 12.9. The van der Waals surface area contributed by atoms with E-state index in [-0.39, 0.29) is 41.6 Å². The number of aliphatic carboxylic acids is 2. The summed E-state index contributed by atoms with van der Waals surface area (Å²) in [6.45, 7) is -0.162. The third kappa shape index (κ3) is 7.09.